The molecule has 1 atom stereocenters. The molecule has 144 valence electrons. The molecule has 0 saturated heterocycles. The monoisotopic (exact) mass is 373 g/mol. The lowest BCUT2D eigenvalue weighted by Crippen LogP contribution is -2.17. The molecule has 0 aliphatic carbocycles. The van der Waals surface area contributed by atoms with Crippen LogP contribution in [0.1, 0.15) is 45.1 Å². The molecule has 0 fully saturated rings. The van der Waals surface area contributed by atoms with Crippen LogP contribution in [-0.2, 0) is 9.47 Å². The average molecular weight is 373 g/mol. The number of hydrogen-bond acceptors (Lipinski definition) is 6. The molecular formula is C20H23NO6. The van der Waals surface area contributed by atoms with Crippen LogP contribution in [0.15, 0.2) is 24.3 Å². The van der Waals surface area contributed by atoms with Gasteiger partial charge in [-0.3, -0.25) is 4.79 Å². The minimum absolute atomic E-state index is 0.104. The number of hydrogen-bond donors (Lipinski definition) is 0. The highest BCUT2D eigenvalue weighted by Gasteiger charge is 2.21. The molecule has 0 radical (unpaired) electrons. The molecule has 0 N–H and O–H groups in total. The third kappa shape index (κ3) is 3.83. The van der Waals surface area contributed by atoms with Gasteiger partial charge >= 0.3 is 5.97 Å². The third-order valence-corrected chi connectivity index (χ3v) is 4.58. The lowest BCUT2D eigenvalue weighted by atomic mass is 10.1. The van der Waals surface area contributed by atoms with Crippen LogP contribution in [0.4, 0.5) is 0 Å². The maximum atomic E-state index is 12.6. The van der Waals surface area contributed by atoms with E-state index in [-0.39, 0.29) is 25.2 Å². The van der Waals surface area contributed by atoms with Gasteiger partial charge in [-0.05, 0) is 45.0 Å². The van der Waals surface area contributed by atoms with E-state index in [1.165, 1.54) is 0 Å². The zero-order chi connectivity index (χ0) is 19.6. The van der Waals surface area contributed by atoms with E-state index in [4.69, 9.17) is 18.9 Å². The number of carbonyl (C=O) groups excluding carboxylic acids is 2. The van der Waals surface area contributed by atoms with Gasteiger partial charge in [-0.2, -0.15) is 0 Å². The molecule has 1 aliphatic rings. The topological polar surface area (TPSA) is 76.0 Å². The summed E-state index contributed by atoms with van der Waals surface area (Å²) in [5, 5.41) is 0. The van der Waals surface area contributed by atoms with Gasteiger partial charge in [0.15, 0.2) is 18.1 Å². The highest BCUT2D eigenvalue weighted by molar-refractivity contribution is 6.00. The molecule has 2 aromatic rings. The Bertz CT molecular complexity index is 870. The maximum Gasteiger partial charge on any atom is 0.338 e. The summed E-state index contributed by atoms with van der Waals surface area (Å²) in [5.41, 5.74) is 2.66. The summed E-state index contributed by atoms with van der Waals surface area (Å²) >= 11 is 0. The van der Waals surface area contributed by atoms with Crippen LogP contribution in [-0.4, -0.2) is 43.4 Å². The fraction of sp³-hybridized carbons (Fsp3) is 0.400. The van der Waals surface area contributed by atoms with Crippen LogP contribution >= 0.6 is 0 Å². The molecule has 0 amide bonds. The molecule has 2 heterocycles. The highest BCUT2D eigenvalue weighted by Crippen LogP contribution is 2.32. The number of nitrogens with zero attached hydrogens (tertiary/aromatic N) is 1. The van der Waals surface area contributed by atoms with Gasteiger partial charge in [0, 0.05) is 24.1 Å². The first kappa shape index (κ1) is 19.0. The van der Waals surface area contributed by atoms with E-state index in [0.29, 0.717) is 29.2 Å². The van der Waals surface area contributed by atoms with Gasteiger partial charge in [-0.1, -0.05) is 0 Å². The van der Waals surface area contributed by atoms with Gasteiger partial charge < -0.3 is 23.5 Å². The van der Waals surface area contributed by atoms with Crippen molar-refractivity contribution in [1.29, 1.82) is 0 Å². The van der Waals surface area contributed by atoms with Crippen LogP contribution in [0, 0.1) is 13.8 Å². The highest BCUT2D eigenvalue weighted by atomic mass is 16.7. The number of Topliss-reactive ketones (excluding diaryl/α,β-unsaturated/α-hetero) is 1. The summed E-state index contributed by atoms with van der Waals surface area (Å²) in [6, 6.07) is 6.70. The number of aromatic nitrogens is 1. The third-order valence-electron chi connectivity index (χ3n) is 4.58. The summed E-state index contributed by atoms with van der Waals surface area (Å²) in [6.07, 6.45) is 0. The second-order valence-corrected chi connectivity index (χ2v) is 6.53. The molecule has 1 aromatic heterocycles. The van der Waals surface area contributed by atoms with E-state index in [9.17, 15) is 9.59 Å². The summed E-state index contributed by atoms with van der Waals surface area (Å²) in [5.74, 6) is 0.253. The van der Waals surface area contributed by atoms with Crippen molar-refractivity contribution in [3.8, 4) is 11.5 Å². The quantitative estimate of drug-likeness (QED) is 0.548. The minimum atomic E-state index is -0.580. The Hall–Kier alpha value is -2.80. The lowest BCUT2D eigenvalue weighted by Gasteiger charge is -2.17. The molecule has 0 unspecified atom stereocenters. The van der Waals surface area contributed by atoms with Crippen molar-refractivity contribution in [3.05, 3.63) is 46.8 Å². The Kier molecular flexibility index (Phi) is 5.51. The average Bonchev–Trinajstić information content (AvgIpc) is 3.22. The first-order valence-electron chi connectivity index (χ1n) is 8.69. The number of esters is 1. The first-order valence-corrected chi connectivity index (χ1v) is 8.69. The zero-order valence-corrected chi connectivity index (χ0v) is 15.9. The Morgan fingerprint density at radius 1 is 1.19 bits per heavy atom. The first-order chi connectivity index (χ1) is 12.9. The largest absolute Gasteiger partial charge is 0.454 e. The van der Waals surface area contributed by atoms with Crippen molar-refractivity contribution in [1.82, 2.24) is 4.57 Å². The van der Waals surface area contributed by atoms with E-state index in [2.05, 4.69) is 4.57 Å². The van der Waals surface area contributed by atoms with Gasteiger partial charge in [0.05, 0.1) is 18.2 Å². The summed E-state index contributed by atoms with van der Waals surface area (Å²) in [4.78, 5) is 24.8. The molecule has 27 heavy (non-hydrogen) atoms. The van der Waals surface area contributed by atoms with Crippen LogP contribution in [0.25, 0.3) is 0 Å². The maximum absolute atomic E-state index is 12.6. The molecule has 7 heteroatoms. The lowest BCUT2D eigenvalue weighted by molar-refractivity contribution is 0.0474. The smallest absolute Gasteiger partial charge is 0.338 e. The number of aryl methyl sites for hydroxylation is 1. The molecule has 1 aliphatic heterocycles. The molecule has 7 nitrogen and oxygen atoms in total. The Balaban J connectivity index is 1.67. The van der Waals surface area contributed by atoms with Crippen LogP contribution in [0.2, 0.25) is 0 Å². The van der Waals surface area contributed by atoms with Crippen LogP contribution < -0.4 is 9.47 Å². The number of ketones is 1. The van der Waals surface area contributed by atoms with Gasteiger partial charge in [-0.25, -0.2) is 4.79 Å². The van der Waals surface area contributed by atoms with Crippen LogP contribution in [0.5, 0.6) is 11.5 Å². The Labute approximate surface area is 157 Å². The summed E-state index contributed by atoms with van der Waals surface area (Å²) in [6.45, 7) is 6.20. The molecule has 1 aromatic carbocycles. The van der Waals surface area contributed by atoms with Crippen molar-refractivity contribution in [2.24, 2.45) is 0 Å². The minimum Gasteiger partial charge on any atom is -0.454 e. The van der Waals surface area contributed by atoms with Gasteiger partial charge in [-0.15, -0.1) is 0 Å². The predicted octanol–water partition coefficient (Wildman–Crippen LogP) is 3.08. The number of carbonyl (C=O) groups is 2. The second-order valence-electron chi connectivity index (χ2n) is 6.53. The predicted molar refractivity (Wildman–Crippen MR) is 97.7 cm³/mol. The number of fused-ring (bicyclic) bond motifs is 1. The molecule has 0 saturated carbocycles. The Morgan fingerprint density at radius 3 is 2.67 bits per heavy atom. The molecule has 0 bridgehead atoms. The molecule has 3 rings (SSSR count). The fourth-order valence-corrected chi connectivity index (χ4v) is 3.37. The summed E-state index contributed by atoms with van der Waals surface area (Å²) < 4.78 is 22.9. The number of ether oxygens (including phenoxy) is 4. The SMILES string of the molecule is COC[C@@H](C)n1c(C)cc(C(=O)COC(=O)c2ccc3c(c2)OCO3)c1C. The van der Waals surface area contributed by atoms with E-state index in [1.54, 1.807) is 25.3 Å². The van der Waals surface area contributed by atoms with Crippen LogP contribution in [0.3, 0.4) is 0 Å². The van der Waals surface area contributed by atoms with Crippen molar-refractivity contribution in [2.75, 3.05) is 27.1 Å². The fourth-order valence-electron chi connectivity index (χ4n) is 3.37. The Morgan fingerprint density at radius 2 is 1.93 bits per heavy atom. The van der Waals surface area contributed by atoms with Crippen molar-refractivity contribution < 1.29 is 28.5 Å². The molecule has 0 spiro atoms. The standard InChI is InChI=1S/C20H23NO6/c1-12-7-16(14(3)21(12)13(2)9-24-4)17(22)10-25-20(23)15-5-6-18-19(8-15)27-11-26-18/h5-8,13H,9-11H2,1-4H3/t13-/m1/s1. The van der Waals surface area contributed by atoms with Crippen molar-refractivity contribution in [2.45, 2.75) is 26.8 Å². The van der Waals surface area contributed by atoms with Crippen molar-refractivity contribution in [3.63, 3.8) is 0 Å². The number of rotatable bonds is 7. The van der Waals surface area contributed by atoms with E-state index < -0.39 is 5.97 Å². The van der Waals surface area contributed by atoms with Gasteiger partial charge in [0.1, 0.15) is 0 Å². The zero-order valence-electron chi connectivity index (χ0n) is 15.9. The number of methoxy groups -OCH3 is 1. The second kappa shape index (κ2) is 7.84. The molecular weight excluding hydrogens is 350 g/mol. The van der Waals surface area contributed by atoms with Gasteiger partial charge in [0.25, 0.3) is 0 Å². The summed E-state index contributed by atoms with van der Waals surface area (Å²) in [7, 11) is 1.65. The number of benzene rings is 1. The van der Waals surface area contributed by atoms with E-state index in [0.717, 1.165) is 11.4 Å². The van der Waals surface area contributed by atoms with Crippen molar-refractivity contribution >= 4 is 11.8 Å². The normalized spacial score (nSPS) is 13.5. The van der Waals surface area contributed by atoms with E-state index in [1.807, 2.05) is 26.8 Å². The van der Waals surface area contributed by atoms with Gasteiger partial charge in [0.2, 0.25) is 12.6 Å². The van der Waals surface area contributed by atoms with E-state index >= 15 is 0 Å².